The molecule has 0 atom stereocenters. The smallest absolute Gasteiger partial charge is 0.123 e. The van der Waals surface area contributed by atoms with Gasteiger partial charge in [-0.3, -0.25) is 0 Å². The van der Waals surface area contributed by atoms with E-state index in [2.05, 4.69) is 0 Å². The molecule has 4 fully saturated rings. The highest BCUT2D eigenvalue weighted by molar-refractivity contribution is 7.59. The van der Waals surface area contributed by atoms with Crippen molar-refractivity contribution < 1.29 is 19.2 Å². The molecule has 0 heterocycles. The maximum Gasteiger partial charge on any atom is 0.123 e. The van der Waals surface area contributed by atoms with Crippen LogP contribution in [0.15, 0.2) is 0 Å². The highest BCUT2D eigenvalue weighted by atomic mass is 32.1. The molecule has 0 radical (unpaired) electrons. The van der Waals surface area contributed by atoms with Gasteiger partial charge in [0.1, 0.15) is 25.1 Å². The molecule has 4 rings (SSSR count). The Labute approximate surface area is 223 Å². The van der Waals surface area contributed by atoms with Gasteiger partial charge in [0.05, 0.1) is 0 Å². The summed E-state index contributed by atoms with van der Waals surface area (Å²) < 4.78 is 0. The van der Waals surface area contributed by atoms with Gasteiger partial charge in [-0.15, -0.1) is 0 Å². The molecule has 0 aliphatic heterocycles. The lowest BCUT2D eigenvalue weighted by Crippen LogP contribution is -2.06. The Balaban J connectivity index is 0. The fraction of sp³-hybridized carbons (Fsp3) is 0.857. The normalized spacial score (nSPS) is 21.6. The summed E-state index contributed by atoms with van der Waals surface area (Å²) in [5, 5.41) is 0. The predicted molar refractivity (Wildman–Crippen MR) is 151 cm³/mol. The van der Waals surface area contributed by atoms with Crippen molar-refractivity contribution in [2.45, 2.75) is 128 Å². The van der Waals surface area contributed by atoms with Crippen molar-refractivity contribution in [3.8, 4) is 0 Å². The molecule has 0 unspecified atom stereocenters. The molecule has 4 saturated carbocycles. The summed E-state index contributed by atoms with van der Waals surface area (Å²) in [4.78, 5) is 40.6. The molecule has 0 saturated heterocycles. The van der Waals surface area contributed by atoms with Crippen LogP contribution in [0.4, 0.5) is 0 Å². The Morgan fingerprint density at radius 3 is 0.529 bits per heavy atom. The summed E-state index contributed by atoms with van der Waals surface area (Å²) in [6, 6.07) is 0. The van der Waals surface area contributed by atoms with Crippen LogP contribution < -0.4 is 0 Å². The van der Waals surface area contributed by atoms with Crippen molar-refractivity contribution in [3.05, 3.63) is 0 Å². The molecule has 4 aliphatic carbocycles. The van der Waals surface area contributed by atoms with E-state index < -0.39 is 0 Å². The predicted octanol–water partition coefficient (Wildman–Crippen LogP) is 7.29. The topological polar surface area (TPSA) is 68.3 Å². The molecule has 4 aliphatic rings. The number of carbonyl (C=O) groups is 4. The van der Waals surface area contributed by atoms with Crippen LogP contribution in [0.1, 0.15) is 128 Å². The van der Waals surface area contributed by atoms with Gasteiger partial charge >= 0.3 is 0 Å². The Kier molecular flexibility index (Phi) is 26.6. The second-order valence-electron chi connectivity index (χ2n) is 10.1. The fourth-order valence-electron chi connectivity index (χ4n) is 5.08. The second kappa shape index (κ2) is 25.5. The minimum Gasteiger partial charge on any atom is -0.303 e. The van der Waals surface area contributed by atoms with Crippen molar-refractivity contribution in [1.29, 1.82) is 0 Å². The molecule has 0 spiro atoms. The van der Waals surface area contributed by atoms with Crippen LogP contribution in [0.2, 0.25) is 0 Å². The quantitative estimate of drug-likeness (QED) is 0.368. The van der Waals surface area contributed by atoms with Crippen LogP contribution in [0, 0.1) is 23.7 Å². The lowest BCUT2D eigenvalue weighted by molar-refractivity contribution is -0.112. The zero-order chi connectivity index (χ0) is 23.3. The van der Waals surface area contributed by atoms with Gasteiger partial charge in [0, 0.05) is 23.7 Å². The first-order valence-electron chi connectivity index (χ1n) is 13.5. The molecule has 0 amide bonds. The van der Waals surface area contributed by atoms with E-state index in [0.29, 0.717) is 23.7 Å². The van der Waals surface area contributed by atoms with Gasteiger partial charge in [-0.25, -0.2) is 0 Å². The first-order chi connectivity index (χ1) is 15.7. The Morgan fingerprint density at radius 1 is 0.294 bits per heavy atom. The number of aldehydes is 4. The summed E-state index contributed by atoms with van der Waals surface area (Å²) in [6.07, 6.45) is 29.1. The van der Waals surface area contributed by atoms with Gasteiger partial charge in [0.2, 0.25) is 0 Å². The third kappa shape index (κ3) is 18.7. The third-order valence-electron chi connectivity index (χ3n) is 7.37. The van der Waals surface area contributed by atoms with Crippen LogP contribution in [0.5, 0.6) is 0 Å². The monoisotopic (exact) mass is 516 g/mol. The average molecular weight is 517 g/mol. The summed E-state index contributed by atoms with van der Waals surface area (Å²) in [7, 11) is 0. The largest absolute Gasteiger partial charge is 0.303 e. The number of hydrogen-bond acceptors (Lipinski definition) is 4. The molecule has 200 valence electrons. The molecule has 0 N–H and O–H groups in total. The molecule has 4 nitrogen and oxygen atoms in total. The Morgan fingerprint density at radius 2 is 0.441 bits per heavy atom. The molecule has 34 heavy (non-hydrogen) atoms. The van der Waals surface area contributed by atoms with Crippen molar-refractivity contribution in [2.75, 3.05) is 0 Å². The highest BCUT2D eigenvalue weighted by Crippen LogP contribution is 2.23. The van der Waals surface area contributed by atoms with Crippen LogP contribution in [0.25, 0.3) is 0 Å². The molecule has 6 heteroatoms. The first kappa shape index (κ1) is 35.5. The number of hydrogen-bond donors (Lipinski definition) is 0. The van der Waals surface area contributed by atoms with Crippen molar-refractivity contribution in [3.63, 3.8) is 0 Å². The standard InChI is InChI=1S/4C7H12O.2H2S/c4*8-6-7-4-2-1-3-5-7;;/h4*6-7H,1-5H2;2*1H2. The van der Waals surface area contributed by atoms with Crippen LogP contribution in [0.3, 0.4) is 0 Å². The summed E-state index contributed by atoms with van der Waals surface area (Å²) in [5.74, 6) is 1.62. The van der Waals surface area contributed by atoms with Crippen molar-refractivity contribution in [1.82, 2.24) is 0 Å². The lowest BCUT2D eigenvalue weighted by Gasteiger charge is -2.14. The minimum absolute atomic E-state index is 0. The average Bonchev–Trinajstić information content (AvgIpc) is 2.91. The maximum atomic E-state index is 10.2. The van der Waals surface area contributed by atoms with Gasteiger partial charge in [0.15, 0.2) is 0 Å². The van der Waals surface area contributed by atoms with Crippen molar-refractivity contribution >= 4 is 52.1 Å². The van der Waals surface area contributed by atoms with Gasteiger partial charge in [0.25, 0.3) is 0 Å². The lowest BCUT2D eigenvalue weighted by atomic mass is 9.91. The zero-order valence-electron chi connectivity index (χ0n) is 21.4. The van der Waals surface area contributed by atoms with Gasteiger partial charge in [-0.2, -0.15) is 27.0 Å². The van der Waals surface area contributed by atoms with E-state index in [9.17, 15) is 19.2 Å². The van der Waals surface area contributed by atoms with E-state index >= 15 is 0 Å². The third-order valence-corrected chi connectivity index (χ3v) is 7.37. The Hall–Kier alpha value is -0.620. The van der Waals surface area contributed by atoms with E-state index in [4.69, 9.17) is 0 Å². The molecule has 0 bridgehead atoms. The van der Waals surface area contributed by atoms with E-state index in [-0.39, 0.29) is 27.0 Å². The van der Waals surface area contributed by atoms with E-state index in [1.54, 1.807) is 0 Å². The summed E-state index contributed by atoms with van der Waals surface area (Å²) >= 11 is 0. The van der Waals surface area contributed by atoms with E-state index in [0.717, 1.165) is 76.5 Å². The minimum atomic E-state index is 0. The molecule has 0 aromatic carbocycles. The van der Waals surface area contributed by atoms with Crippen molar-refractivity contribution in [2.24, 2.45) is 23.7 Å². The van der Waals surface area contributed by atoms with Gasteiger partial charge in [-0.1, -0.05) is 77.0 Å². The molecule has 0 aromatic heterocycles. The van der Waals surface area contributed by atoms with Crippen LogP contribution in [-0.2, 0) is 19.2 Å². The zero-order valence-corrected chi connectivity index (χ0v) is 23.4. The second-order valence-corrected chi connectivity index (χ2v) is 10.1. The van der Waals surface area contributed by atoms with E-state index in [1.807, 2.05) is 0 Å². The molecular weight excluding hydrogens is 464 g/mol. The SMILES string of the molecule is O=CC1CCCCC1.O=CC1CCCCC1.O=CC1CCCCC1.O=CC1CCCCC1.S.S. The Bertz CT molecular complexity index is 389. The first-order valence-corrected chi connectivity index (χ1v) is 13.5. The fourth-order valence-corrected chi connectivity index (χ4v) is 5.08. The van der Waals surface area contributed by atoms with Crippen LogP contribution in [-0.4, -0.2) is 25.1 Å². The number of carbonyl (C=O) groups excluding carboxylic acids is 4. The van der Waals surface area contributed by atoms with Crippen LogP contribution >= 0.6 is 27.0 Å². The highest BCUT2D eigenvalue weighted by Gasteiger charge is 2.12. The molecule has 0 aromatic rings. The summed E-state index contributed by atoms with van der Waals surface area (Å²) in [5.41, 5.74) is 0. The molecular formula is C28H52O4S2. The summed E-state index contributed by atoms with van der Waals surface area (Å²) in [6.45, 7) is 0. The number of rotatable bonds is 4. The van der Waals surface area contributed by atoms with E-state index in [1.165, 1.54) is 77.0 Å². The maximum absolute atomic E-state index is 10.2. The van der Waals surface area contributed by atoms with Gasteiger partial charge in [-0.05, 0) is 51.4 Å². The van der Waals surface area contributed by atoms with Gasteiger partial charge < -0.3 is 19.2 Å².